The summed E-state index contributed by atoms with van der Waals surface area (Å²) in [4.78, 5) is 12.7. The van der Waals surface area contributed by atoms with Crippen molar-refractivity contribution in [2.75, 3.05) is 21.3 Å². The number of carbonyl (C=O) groups is 1. The molecule has 6 heteroatoms. The minimum atomic E-state index is -0.374. The summed E-state index contributed by atoms with van der Waals surface area (Å²) in [7, 11) is 4.84. The van der Waals surface area contributed by atoms with Crippen LogP contribution in [-0.4, -0.2) is 32.8 Å². The van der Waals surface area contributed by atoms with E-state index < -0.39 is 0 Å². The van der Waals surface area contributed by atoms with E-state index in [-0.39, 0.29) is 17.6 Å². The predicted molar refractivity (Wildman–Crippen MR) is 111 cm³/mol. The van der Waals surface area contributed by atoms with E-state index in [1.165, 1.54) is 0 Å². The molecule has 0 aliphatic carbocycles. The molecule has 2 aromatic carbocycles. The van der Waals surface area contributed by atoms with Crippen molar-refractivity contribution in [3.8, 4) is 23.0 Å². The molecule has 2 aromatic rings. The molecule has 0 aromatic heterocycles. The Kier molecular flexibility index (Phi) is 6.20. The van der Waals surface area contributed by atoms with Gasteiger partial charge in [0.05, 0.1) is 27.4 Å². The third kappa shape index (κ3) is 4.94. The van der Waals surface area contributed by atoms with Gasteiger partial charge in [0.15, 0.2) is 11.5 Å². The summed E-state index contributed by atoms with van der Waals surface area (Å²) in [5.74, 6) is 2.84. The number of fused-ring (bicyclic) bond motifs is 1. The lowest BCUT2D eigenvalue weighted by Gasteiger charge is -2.38. The van der Waals surface area contributed by atoms with Crippen LogP contribution in [0.25, 0.3) is 0 Å². The van der Waals surface area contributed by atoms with Crippen LogP contribution in [0.2, 0.25) is 0 Å². The van der Waals surface area contributed by atoms with Gasteiger partial charge in [-0.25, -0.2) is 0 Å². The van der Waals surface area contributed by atoms with Gasteiger partial charge in [-0.15, -0.1) is 0 Å². The number of amides is 1. The molecule has 1 N–H and O–H groups in total. The first-order valence-electron chi connectivity index (χ1n) is 9.72. The fourth-order valence-corrected chi connectivity index (χ4v) is 3.65. The van der Waals surface area contributed by atoms with Gasteiger partial charge >= 0.3 is 0 Å². The number of nitrogens with one attached hydrogen (secondary N) is 1. The zero-order valence-corrected chi connectivity index (χ0v) is 17.7. The van der Waals surface area contributed by atoms with Crippen LogP contribution in [-0.2, 0) is 11.2 Å². The maximum atomic E-state index is 12.7. The van der Waals surface area contributed by atoms with Gasteiger partial charge in [0.2, 0.25) is 5.91 Å². The van der Waals surface area contributed by atoms with Crippen LogP contribution in [0.3, 0.4) is 0 Å². The smallest absolute Gasteiger partial charge is 0.220 e. The Morgan fingerprint density at radius 1 is 1.07 bits per heavy atom. The van der Waals surface area contributed by atoms with E-state index in [4.69, 9.17) is 18.9 Å². The van der Waals surface area contributed by atoms with E-state index in [0.29, 0.717) is 30.8 Å². The lowest BCUT2D eigenvalue weighted by atomic mass is 9.89. The van der Waals surface area contributed by atoms with Crippen LogP contribution in [0.5, 0.6) is 23.0 Å². The molecule has 1 amide bonds. The lowest BCUT2D eigenvalue weighted by Crippen LogP contribution is -2.41. The monoisotopic (exact) mass is 399 g/mol. The van der Waals surface area contributed by atoms with Crippen LogP contribution in [0.15, 0.2) is 36.4 Å². The maximum Gasteiger partial charge on any atom is 0.220 e. The van der Waals surface area contributed by atoms with Gasteiger partial charge in [0, 0.05) is 24.5 Å². The Bertz CT molecular complexity index is 878. The van der Waals surface area contributed by atoms with Crippen molar-refractivity contribution < 1.29 is 23.7 Å². The van der Waals surface area contributed by atoms with Gasteiger partial charge in [-0.1, -0.05) is 6.07 Å². The maximum absolute atomic E-state index is 12.7. The Morgan fingerprint density at radius 3 is 2.52 bits per heavy atom. The number of methoxy groups -OCH3 is 3. The first kappa shape index (κ1) is 20.8. The Hall–Kier alpha value is -2.89. The zero-order chi connectivity index (χ0) is 21.0. The second kappa shape index (κ2) is 8.64. The first-order valence-corrected chi connectivity index (χ1v) is 9.72. The van der Waals surface area contributed by atoms with Crippen molar-refractivity contribution in [1.29, 1.82) is 0 Å². The minimum Gasteiger partial charge on any atom is -0.497 e. The topological polar surface area (TPSA) is 66.0 Å². The Labute approximate surface area is 172 Å². The van der Waals surface area contributed by atoms with E-state index >= 15 is 0 Å². The van der Waals surface area contributed by atoms with Crippen molar-refractivity contribution in [1.82, 2.24) is 5.32 Å². The lowest BCUT2D eigenvalue weighted by molar-refractivity contribution is -0.122. The van der Waals surface area contributed by atoms with Gasteiger partial charge in [-0.2, -0.15) is 0 Å². The largest absolute Gasteiger partial charge is 0.497 e. The van der Waals surface area contributed by atoms with Gasteiger partial charge < -0.3 is 24.3 Å². The van der Waals surface area contributed by atoms with Crippen LogP contribution in [0.1, 0.15) is 43.9 Å². The third-order valence-electron chi connectivity index (χ3n) is 5.10. The molecule has 0 spiro atoms. The van der Waals surface area contributed by atoms with E-state index in [1.807, 2.05) is 50.2 Å². The van der Waals surface area contributed by atoms with Crippen molar-refractivity contribution in [3.63, 3.8) is 0 Å². The second-order valence-electron chi connectivity index (χ2n) is 7.78. The molecule has 0 fully saturated rings. The fraction of sp³-hybridized carbons (Fsp3) is 0.435. The number of aryl methyl sites for hydroxylation is 1. The summed E-state index contributed by atoms with van der Waals surface area (Å²) in [6.45, 7) is 4.05. The number of hydrogen-bond acceptors (Lipinski definition) is 5. The average molecular weight is 399 g/mol. The molecule has 3 rings (SSSR count). The summed E-state index contributed by atoms with van der Waals surface area (Å²) >= 11 is 0. The van der Waals surface area contributed by atoms with Crippen molar-refractivity contribution in [2.45, 2.75) is 44.8 Å². The SMILES string of the molecule is COc1ccc2c(c1)OC(C)(C)C[C@@H]2NC(=O)CCc1ccc(OC)c(OC)c1. The molecule has 156 valence electrons. The van der Waals surface area contributed by atoms with Gasteiger partial charge in [-0.05, 0) is 50.1 Å². The number of carbonyl (C=O) groups excluding carboxylic acids is 1. The standard InChI is InChI=1S/C23H29NO5/c1-23(2)14-18(17-9-8-16(26-3)13-20(17)29-23)24-22(25)11-7-15-6-10-19(27-4)21(12-15)28-5/h6,8-10,12-13,18H,7,11,14H2,1-5H3,(H,24,25)/t18-/m0/s1. The normalized spacial score (nSPS) is 16.9. The number of rotatable bonds is 7. The molecule has 1 atom stereocenters. The molecular weight excluding hydrogens is 370 g/mol. The van der Waals surface area contributed by atoms with E-state index in [1.54, 1.807) is 21.3 Å². The summed E-state index contributed by atoms with van der Waals surface area (Å²) in [5, 5.41) is 3.17. The van der Waals surface area contributed by atoms with Gasteiger partial charge in [-0.3, -0.25) is 4.79 Å². The molecule has 1 aliphatic heterocycles. The molecule has 1 aliphatic rings. The molecule has 0 bridgehead atoms. The average Bonchev–Trinajstić information content (AvgIpc) is 2.70. The highest BCUT2D eigenvalue weighted by molar-refractivity contribution is 5.77. The Balaban J connectivity index is 1.68. The highest BCUT2D eigenvalue weighted by atomic mass is 16.5. The van der Waals surface area contributed by atoms with E-state index in [9.17, 15) is 4.79 Å². The fourth-order valence-electron chi connectivity index (χ4n) is 3.65. The van der Waals surface area contributed by atoms with Crippen molar-refractivity contribution in [3.05, 3.63) is 47.5 Å². The molecule has 0 saturated heterocycles. The summed E-state index contributed by atoms with van der Waals surface area (Å²) in [6, 6.07) is 11.3. The predicted octanol–water partition coefficient (Wildman–Crippen LogP) is 4.06. The van der Waals surface area contributed by atoms with Crippen LogP contribution < -0.4 is 24.3 Å². The minimum absolute atomic E-state index is 0.00394. The van der Waals surface area contributed by atoms with Crippen molar-refractivity contribution in [2.24, 2.45) is 0 Å². The van der Waals surface area contributed by atoms with Gasteiger partial charge in [0.25, 0.3) is 0 Å². The quantitative estimate of drug-likeness (QED) is 0.760. The first-order chi connectivity index (χ1) is 13.8. The highest BCUT2D eigenvalue weighted by Gasteiger charge is 2.34. The van der Waals surface area contributed by atoms with E-state index in [2.05, 4.69) is 5.32 Å². The molecule has 29 heavy (non-hydrogen) atoms. The highest BCUT2D eigenvalue weighted by Crippen LogP contribution is 2.41. The van der Waals surface area contributed by atoms with Crippen LogP contribution in [0, 0.1) is 0 Å². The zero-order valence-electron chi connectivity index (χ0n) is 17.7. The molecular formula is C23H29NO5. The summed E-state index contributed by atoms with van der Waals surface area (Å²) in [6.07, 6.45) is 1.71. The molecule has 6 nitrogen and oxygen atoms in total. The molecule has 0 radical (unpaired) electrons. The van der Waals surface area contributed by atoms with E-state index in [0.717, 1.165) is 22.6 Å². The van der Waals surface area contributed by atoms with Crippen LogP contribution in [0.4, 0.5) is 0 Å². The number of benzene rings is 2. The second-order valence-corrected chi connectivity index (χ2v) is 7.78. The summed E-state index contributed by atoms with van der Waals surface area (Å²) in [5.41, 5.74) is 1.63. The van der Waals surface area contributed by atoms with Crippen LogP contribution >= 0.6 is 0 Å². The molecule has 0 saturated carbocycles. The number of hydrogen-bond donors (Lipinski definition) is 1. The summed E-state index contributed by atoms with van der Waals surface area (Å²) < 4.78 is 22.0. The Morgan fingerprint density at radius 2 is 1.83 bits per heavy atom. The third-order valence-corrected chi connectivity index (χ3v) is 5.10. The molecule has 0 unspecified atom stereocenters. The number of ether oxygens (including phenoxy) is 4. The van der Waals surface area contributed by atoms with Gasteiger partial charge in [0.1, 0.15) is 17.1 Å². The van der Waals surface area contributed by atoms with Crippen molar-refractivity contribution >= 4 is 5.91 Å². The molecule has 1 heterocycles.